The van der Waals surface area contributed by atoms with Gasteiger partial charge in [-0.05, 0) is 31.2 Å². The van der Waals surface area contributed by atoms with Crippen LogP contribution in [0, 0.1) is 0 Å². The van der Waals surface area contributed by atoms with Gasteiger partial charge in [0.05, 0.1) is 5.56 Å². The third-order valence-electron chi connectivity index (χ3n) is 4.49. The molecule has 2 unspecified atom stereocenters. The first-order valence-electron chi connectivity index (χ1n) is 7.72. The van der Waals surface area contributed by atoms with Crippen LogP contribution in [-0.2, 0) is 6.18 Å². The van der Waals surface area contributed by atoms with Crippen LogP contribution in [-0.4, -0.2) is 48.6 Å². The number of hydrogen-bond acceptors (Lipinski definition) is 3. The molecule has 0 radical (unpaired) electrons. The van der Waals surface area contributed by atoms with Crippen molar-refractivity contribution in [1.29, 1.82) is 0 Å². The van der Waals surface area contributed by atoms with Crippen molar-refractivity contribution >= 4 is 0 Å². The highest BCUT2D eigenvalue weighted by atomic mass is 19.4. The molecule has 0 aromatic heterocycles. The maximum absolute atomic E-state index is 12.6. The average Bonchev–Trinajstić information content (AvgIpc) is 2.48. The molecule has 0 bridgehead atoms. The van der Waals surface area contributed by atoms with Crippen molar-refractivity contribution in [2.24, 2.45) is 5.73 Å². The molecule has 3 nitrogen and oxygen atoms in total. The second kappa shape index (κ2) is 6.98. The normalized spacial score (nSPS) is 22.7. The van der Waals surface area contributed by atoms with E-state index in [1.165, 1.54) is 0 Å². The lowest BCUT2D eigenvalue weighted by molar-refractivity contribution is -0.137. The Morgan fingerprint density at radius 2 is 1.86 bits per heavy atom. The predicted octanol–water partition coefficient (Wildman–Crippen LogP) is 2.73. The fourth-order valence-electron chi connectivity index (χ4n) is 3.17. The van der Waals surface area contributed by atoms with E-state index in [9.17, 15) is 13.2 Å². The topological polar surface area (TPSA) is 32.5 Å². The molecule has 0 aliphatic carbocycles. The summed E-state index contributed by atoms with van der Waals surface area (Å²) in [5.74, 6) is 0. The van der Waals surface area contributed by atoms with E-state index in [1.807, 2.05) is 0 Å². The van der Waals surface area contributed by atoms with Gasteiger partial charge in [-0.2, -0.15) is 13.2 Å². The number of alkyl halides is 3. The average molecular weight is 315 g/mol. The molecular weight excluding hydrogens is 291 g/mol. The van der Waals surface area contributed by atoms with E-state index >= 15 is 0 Å². The van der Waals surface area contributed by atoms with E-state index in [2.05, 4.69) is 23.6 Å². The monoisotopic (exact) mass is 315 g/mol. The number of nitrogens with zero attached hydrogens (tertiary/aromatic N) is 2. The highest BCUT2D eigenvalue weighted by Gasteiger charge is 2.31. The maximum Gasteiger partial charge on any atom is 0.416 e. The zero-order valence-corrected chi connectivity index (χ0v) is 13.1. The van der Waals surface area contributed by atoms with Gasteiger partial charge in [0.2, 0.25) is 0 Å². The first kappa shape index (κ1) is 17.2. The van der Waals surface area contributed by atoms with Gasteiger partial charge in [0.15, 0.2) is 0 Å². The van der Waals surface area contributed by atoms with Gasteiger partial charge in [0.1, 0.15) is 0 Å². The van der Waals surface area contributed by atoms with Crippen molar-refractivity contribution in [2.45, 2.75) is 32.1 Å². The number of rotatable bonds is 4. The third kappa shape index (κ3) is 3.80. The highest BCUT2D eigenvalue weighted by Crippen LogP contribution is 2.31. The van der Waals surface area contributed by atoms with E-state index < -0.39 is 11.7 Å². The van der Waals surface area contributed by atoms with Crippen molar-refractivity contribution in [3.05, 3.63) is 35.4 Å². The fraction of sp³-hybridized carbons (Fsp3) is 0.625. The molecule has 0 amide bonds. The van der Waals surface area contributed by atoms with Crippen LogP contribution in [0.1, 0.15) is 31.0 Å². The molecule has 0 spiro atoms. The first-order chi connectivity index (χ1) is 10.4. The Bertz CT molecular complexity index is 473. The Kier molecular flexibility index (Phi) is 5.47. The molecule has 2 atom stereocenters. The molecule has 124 valence electrons. The summed E-state index contributed by atoms with van der Waals surface area (Å²) in [6, 6.07) is 5.80. The lowest BCUT2D eigenvalue weighted by atomic mass is 10.0. The molecule has 2 N–H and O–H groups in total. The number of piperazine rings is 1. The lowest BCUT2D eigenvalue weighted by Gasteiger charge is -2.42. The van der Waals surface area contributed by atoms with Crippen LogP contribution < -0.4 is 5.73 Å². The second-order valence-corrected chi connectivity index (χ2v) is 5.84. The van der Waals surface area contributed by atoms with Crippen molar-refractivity contribution in [3.63, 3.8) is 0 Å². The highest BCUT2D eigenvalue weighted by molar-refractivity contribution is 5.27. The summed E-state index contributed by atoms with van der Waals surface area (Å²) in [6.45, 7) is 8.48. The summed E-state index contributed by atoms with van der Waals surface area (Å²) in [7, 11) is 0. The van der Waals surface area contributed by atoms with Crippen LogP contribution in [0.5, 0.6) is 0 Å². The molecule has 1 heterocycles. The van der Waals surface area contributed by atoms with Crippen molar-refractivity contribution in [3.8, 4) is 0 Å². The molecule has 1 aromatic carbocycles. The summed E-state index contributed by atoms with van der Waals surface area (Å²) in [6.07, 6.45) is -4.29. The van der Waals surface area contributed by atoms with Crippen molar-refractivity contribution in [1.82, 2.24) is 9.80 Å². The molecule has 2 rings (SSSR count). The van der Waals surface area contributed by atoms with Gasteiger partial charge in [-0.3, -0.25) is 9.80 Å². The quantitative estimate of drug-likeness (QED) is 0.927. The van der Waals surface area contributed by atoms with Crippen LogP contribution in [0.4, 0.5) is 13.2 Å². The Morgan fingerprint density at radius 1 is 1.23 bits per heavy atom. The summed E-state index contributed by atoms with van der Waals surface area (Å²) < 4.78 is 37.9. The van der Waals surface area contributed by atoms with Crippen LogP contribution in [0.25, 0.3) is 0 Å². The summed E-state index contributed by atoms with van der Waals surface area (Å²) in [5, 5.41) is 0. The molecule has 1 saturated heterocycles. The van der Waals surface area contributed by atoms with Gasteiger partial charge in [-0.25, -0.2) is 0 Å². The van der Waals surface area contributed by atoms with Gasteiger partial charge in [-0.15, -0.1) is 0 Å². The molecular formula is C16H24F3N3. The van der Waals surface area contributed by atoms with Gasteiger partial charge in [-0.1, -0.05) is 19.1 Å². The number of nitrogens with two attached hydrogens (primary N) is 1. The Balaban J connectivity index is 2.12. The molecule has 0 saturated carbocycles. The van der Waals surface area contributed by atoms with E-state index in [-0.39, 0.29) is 6.04 Å². The van der Waals surface area contributed by atoms with Crippen LogP contribution in [0.15, 0.2) is 24.3 Å². The minimum Gasteiger partial charge on any atom is -0.329 e. The summed E-state index contributed by atoms with van der Waals surface area (Å²) in [4.78, 5) is 4.68. The third-order valence-corrected chi connectivity index (χ3v) is 4.49. The first-order valence-corrected chi connectivity index (χ1v) is 7.72. The Morgan fingerprint density at radius 3 is 2.32 bits per heavy atom. The van der Waals surface area contributed by atoms with E-state index in [0.717, 1.165) is 43.9 Å². The van der Waals surface area contributed by atoms with E-state index in [0.29, 0.717) is 12.6 Å². The number of halogens is 3. The minimum atomic E-state index is -4.29. The summed E-state index contributed by atoms with van der Waals surface area (Å²) >= 11 is 0. The van der Waals surface area contributed by atoms with Crippen LogP contribution in [0.2, 0.25) is 0 Å². The molecule has 6 heteroatoms. The van der Waals surface area contributed by atoms with Gasteiger partial charge < -0.3 is 5.73 Å². The SMILES string of the molecule is CCN1CCN(C(CN)c2ccc(C(F)(F)F)cc2)CC1C. The Labute approximate surface area is 129 Å². The fourth-order valence-corrected chi connectivity index (χ4v) is 3.17. The largest absolute Gasteiger partial charge is 0.416 e. The van der Waals surface area contributed by atoms with Crippen molar-refractivity contribution < 1.29 is 13.2 Å². The predicted molar refractivity (Wildman–Crippen MR) is 81.5 cm³/mol. The van der Waals surface area contributed by atoms with Crippen molar-refractivity contribution in [2.75, 3.05) is 32.7 Å². The molecule has 1 fully saturated rings. The maximum atomic E-state index is 12.6. The molecule has 22 heavy (non-hydrogen) atoms. The standard InChI is InChI=1S/C16H24F3N3/c1-3-21-8-9-22(11-12(21)2)15(10-20)13-4-6-14(7-5-13)16(17,18)19/h4-7,12,15H,3,8-11,20H2,1-2H3. The number of benzene rings is 1. The van der Waals surface area contributed by atoms with Gasteiger partial charge in [0, 0.05) is 38.3 Å². The minimum absolute atomic E-state index is 0.0243. The number of hydrogen-bond donors (Lipinski definition) is 1. The zero-order chi connectivity index (χ0) is 16.3. The number of likely N-dealkylation sites (N-methyl/N-ethyl adjacent to an activating group) is 1. The zero-order valence-electron chi connectivity index (χ0n) is 13.1. The van der Waals surface area contributed by atoms with Gasteiger partial charge in [0.25, 0.3) is 0 Å². The summed E-state index contributed by atoms with van der Waals surface area (Å²) in [5.41, 5.74) is 6.13. The van der Waals surface area contributed by atoms with E-state index in [4.69, 9.17) is 5.73 Å². The smallest absolute Gasteiger partial charge is 0.329 e. The van der Waals surface area contributed by atoms with Crippen LogP contribution in [0.3, 0.4) is 0 Å². The molecule has 1 aliphatic rings. The Hall–Kier alpha value is -1.11. The molecule has 1 aliphatic heterocycles. The van der Waals surface area contributed by atoms with E-state index in [1.54, 1.807) is 12.1 Å². The lowest BCUT2D eigenvalue weighted by Crippen LogP contribution is -2.53. The van der Waals surface area contributed by atoms with Crippen LogP contribution >= 0.6 is 0 Å². The molecule has 1 aromatic rings. The van der Waals surface area contributed by atoms with Gasteiger partial charge >= 0.3 is 6.18 Å². The second-order valence-electron chi connectivity index (χ2n) is 5.84.